The Hall–Kier alpha value is -2.16. The minimum absolute atomic E-state index is 0.0948. The Balaban J connectivity index is 3.17. The minimum Gasteiger partial charge on any atom is -0.496 e. The van der Waals surface area contributed by atoms with Gasteiger partial charge in [-0.05, 0) is 24.6 Å². The van der Waals surface area contributed by atoms with Gasteiger partial charge in [-0.2, -0.15) is 5.26 Å². The van der Waals surface area contributed by atoms with Crippen molar-refractivity contribution in [3.05, 3.63) is 28.8 Å². The van der Waals surface area contributed by atoms with Crippen molar-refractivity contribution in [2.45, 2.75) is 19.8 Å². The van der Waals surface area contributed by atoms with Crippen molar-refractivity contribution in [2.75, 3.05) is 13.7 Å². The minimum atomic E-state index is -2.82. The smallest absolute Gasteiger partial charge is 0.310 e. The Bertz CT molecular complexity index is 509. The molecule has 0 aliphatic rings. The molecule has 0 aromatic heterocycles. The van der Waals surface area contributed by atoms with E-state index in [1.807, 2.05) is 0 Å². The molecule has 0 fully saturated rings. The van der Waals surface area contributed by atoms with Crippen molar-refractivity contribution in [2.24, 2.45) is 0 Å². The molecular weight excluding hydrogens is 256 g/mol. The standard InChI is InChI=1S/C13H13F2NO3/c1-3-19-11(17)6-8-4-9(7-16)12(13(14)15)10(5-8)18-2/h4-5,13H,3,6H2,1-2H3. The van der Waals surface area contributed by atoms with Crippen LogP contribution in [0.1, 0.15) is 30.0 Å². The van der Waals surface area contributed by atoms with Gasteiger partial charge in [-0.1, -0.05) is 0 Å². The van der Waals surface area contributed by atoms with E-state index in [2.05, 4.69) is 0 Å². The van der Waals surface area contributed by atoms with Gasteiger partial charge in [0.1, 0.15) is 5.75 Å². The SMILES string of the molecule is CCOC(=O)Cc1cc(C#N)c(C(F)F)c(OC)c1. The predicted molar refractivity (Wildman–Crippen MR) is 63.0 cm³/mol. The average Bonchev–Trinajstić information content (AvgIpc) is 2.37. The summed E-state index contributed by atoms with van der Waals surface area (Å²) in [6, 6.07) is 4.25. The van der Waals surface area contributed by atoms with Crippen LogP contribution in [0.5, 0.6) is 5.75 Å². The van der Waals surface area contributed by atoms with Gasteiger partial charge in [0.25, 0.3) is 6.43 Å². The number of benzene rings is 1. The molecule has 0 amide bonds. The van der Waals surface area contributed by atoms with Crippen molar-refractivity contribution >= 4 is 5.97 Å². The number of rotatable bonds is 5. The van der Waals surface area contributed by atoms with E-state index in [4.69, 9.17) is 14.7 Å². The summed E-state index contributed by atoms with van der Waals surface area (Å²) in [6.07, 6.45) is -2.91. The van der Waals surface area contributed by atoms with E-state index in [-0.39, 0.29) is 24.3 Å². The number of carbonyl (C=O) groups excluding carboxylic acids is 1. The molecule has 0 saturated heterocycles. The summed E-state index contributed by atoms with van der Waals surface area (Å²) in [7, 11) is 1.23. The first-order chi connectivity index (χ1) is 9.03. The van der Waals surface area contributed by atoms with Crippen molar-refractivity contribution in [3.63, 3.8) is 0 Å². The maximum Gasteiger partial charge on any atom is 0.310 e. The molecule has 6 heteroatoms. The quantitative estimate of drug-likeness (QED) is 0.771. The van der Waals surface area contributed by atoms with Gasteiger partial charge in [0, 0.05) is 0 Å². The zero-order chi connectivity index (χ0) is 14.4. The molecule has 1 aromatic carbocycles. The average molecular weight is 269 g/mol. The first-order valence-corrected chi connectivity index (χ1v) is 5.58. The Morgan fingerprint density at radius 1 is 1.47 bits per heavy atom. The molecule has 4 nitrogen and oxygen atoms in total. The summed E-state index contributed by atoms with van der Waals surface area (Å²) in [6.45, 7) is 1.90. The molecule has 0 N–H and O–H groups in total. The van der Waals surface area contributed by atoms with Crippen LogP contribution in [0.15, 0.2) is 12.1 Å². The lowest BCUT2D eigenvalue weighted by Gasteiger charge is -2.12. The molecule has 19 heavy (non-hydrogen) atoms. The van der Waals surface area contributed by atoms with Gasteiger partial charge in [-0.25, -0.2) is 8.78 Å². The fourth-order valence-corrected chi connectivity index (χ4v) is 1.65. The number of hydrogen-bond acceptors (Lipinski definition) is 4. The maximum absolute atomic E-state index is 12.9. The Morgan fingerprint density at radius 3 is 2.63 bits per heavy atom. The third kappa shape index (κ3) is 3.65. The van der Waals surface area contributed by atoms with Gasteiger partial charge in [0.2, 0.25) is 0 Å². The third-order valence-electron chi connectivity index (χ3n) is 2.41. The van der Waals surface area contributed by atoms with Crippen LogP contribution in [0.2, 0.25) is 0 Å². The van der Waals surface area contributed by atoms with Crippen LogP contribution in [-0.2, 0) is 16.0 Å². The zero-order valence-corrected chi connectivity index (χ0v) is 10.6. The van der Waals surface area contributed by atoms with E-state index >= 15 is 0 Å². The summed E-state index contributed by atoms with van der Waals surface area (Å²) in [4.78, 5) is 11.3. The molecule has 0 radical (unpaired) electrons. The monoisotopic (exact) mass is 269 g/mol. The van der Waals surface area contributed by atoms with Crippen LogP contribution in [0.3, 0.4) is 0 Å². The number of esters is 1. The van der Waals surface area contributed by atoms with Crippen LogP contribution >= 0.6 is 0 Å². The molecule has 0 unspecified atom stereocenters. The molecule has 1 rings (SSSR count). The molecule has 102 valence electrons. The molecular formula is C13H13F2NO3. The van der Waals surface area contributed by atoms with E-state index in [0.717, 1.165) is 0 Å². The topological polar surface area (TPSA) is 59.3 Å². The number of nitriles is 1. The zero-order valence-electron chi connectivity index (χ0n) is 10.6. The normalized spacial score (nSPS) is 10.1. The molecule has 1 aromatic rings. The largest absolute Gasteiger partial charge is 0.496 e. The summed E-state index contributed by atoms with van der Waals surface area (Å²) in [5.74, 6) is -0.591. The lowest BCUT2D eigenvalue weighted by molar-refractivity contribution is -0.142. The van der Waals surface area contributed by atoms with Gasteiger partial charge in [-0.3, -0.25) is 4.79 Å². The number of carbonyl (C=O) groups is 1. The van der Waals surface area contributed by atoms with E-state index in [1.54, 1.807) is 13.0 Å². The fraction of sp³-hybridized carbons (Fsp3) is 0.385. The van der Waals surface area contributed by atoms with Gasteiger partial charge in [0.05, 0.1) is 37.3 Å². The second kappa shape index (κ2) is 6.69. The molecule has 0 heterocycles. The van der Waals surface area contributed by atoms with Crippen LogP contribution in [-0.4, -0.2) is 19.7 Å². The van der Waals surface area contributed by atoms with Gasteiger partial charge < -0.3 is 9.47 Å². The fourth-order valence-electron chi connectivity index (χ4n) is 1.65. The Labute approximate surface area is 109 Å². The summed E-state index contributed by atoms with van der Waals surface area (Å²) < 4.78 is 35.3. The third-order valence-corrected chi connectivity index (χ3v) is 2.41. The van der Waals surface area contributed by atoms with E-state index in [0.29, 0.717) is 5.56 Å². The van der Waals surface area contributed by atoms with Crippen LogP contribution in [0.25, 0.3) is 0 Å². The predicted octanol–water partition coefficient (Wildman–Crippen LogP) is 2.61. The maximum atomic E-state index is 12.9. The van der Waals surface area contributed by atoms with E-state index in [1.165, 1.54) is 19.2 Å². The number of alkyl halides is 2. The lowest BCUT2D eigenvalue weighted by Crippen LogP contribution is -2.08. The highest BCUT2D eigenvalue weighted by Gasteiger charge is 2.21. The second-order valence-electron chi connectivity index (χ2n) is 3.65. The van der Waals surface area contributed by atoms with Gasteiger partial charge >= 0.3 is 5.97 Å². The van der Waals surface area contributed by atoms with Crippen molar-refractivity contribution < 1.29 is 23.0 Å². The number of nitrogens with zero attached hydrogens (tertiary/aromatic N) is 1. The Kier molecular flexibility index (Phi) is 5.24. The van der Waals surface area contributed by atoms with Crippen molar-refractivity contribution in [1.82, 2.24) is 0 Å². The highest BCUT2D eigenvalue weighted by molar-refractivity contribution is 5.73. The van der Waals surface area contributed by atoms with Gasteiger partial charge in [0.15, 0.2) is 0 Å². The second-order valence-corrected chi connectivity index (χ2v) is 3.65. The van der Waals surface area contributed by atoms with Crippen molar-refractivity contribution in [1.29, 1.82) is 5.26 Å². The van der Waals surface area contributed by atoms with Gasteiger partial charge in [-0.15, -0.1) is 0 Å². The highest BCUT2D eigenvalue weighted by atomic mass is 19.3. The molecule has 0 bridgehead atoms. The number of hydrogen-bond donors (Lipinski definition) is 0. The summed E-state index contributed by atoms with van der Waals surface area (Å²) >= 11 is 0. The van der Waals surface area contributed by atoms with E-state index < -0.39 is 18.0 Å². The molecule has 0 aliphatic carbocycles. The number of halogens is 2. The van der Waals surface area contributed by atoms with Crippen LogP contribution in [0.4, 0.5) is 8.78 Å². The Morgan fingerprint density at radius 2 is 2.16 bits per heavy atom. The lowest BCUT2D eigenvalue weighted by atomic mass is 10.0. The molecule has 0 saturated carbocycles. The summed E-state index contributed by atoms with van der Waals surface area (Å²) in [5.41, 5.74) is -0.262. The first kappa shape index (κ1) is 14.9. The molecule has 0 aliphatic heterocycles. The first-order valence-electron chi connectivity index (χ1n) is 5.58. The summed E-state index contributed by atoms with van der Waals surface area (Å²) in [5, 5.41) is 8.89. The van der Waals surface area contributed by atoms with Crippen LogP contribution in [0, 0.1) is 11.3 Å². The number of ether oxygens (including phenoxy) is 2. The molecule has 0 spiro atoms. The van der Waals surface area contributed by atoms with Crippen molar-refractivity contribution in [3.8, 4) is 11.8 Å². The van der Waals surface area contributed by atoms with E-state index in [9.17, 15) is 13.6 Å². The van der Waals surface area contributed by atoms with Crippen LogP contribution < -0.4 is 4.74 Å². The number of methoxy groups -OCH3 is 1. The molecule has 0 atom stereocenters. The highest BCUT2D eigenvalue weighted by Crippen LogP contribution is 2.33.